The minimum atomic E-state index is -0.276. The Labute approximate surface area is 196 Å². The van der Waals surface area contributed by atoms with Crippen LogP contribution >= 0.6 is 11.3 Å². The van der Waals surface area contributed by atoms with Crippen molar-refractivity contribution in [3.63, 3.8) is 0 Å². The number of hydrogen-bond acceptors (Lipinski definition) is 7. The zero-order valence-electron chi connectivity index (χ0n) is 19.2. The molecule has 4 rings (SSSR count). The number of furan rings is 1. The van der Waals surface area contributed by atoms with Gasteiger partial charge in [-0.15, -0.1) is 10.2 Å². The Kier molecular flexibility index (Phi) is 6.46. The number of rotatable bonds is 7. The molecule has 0 aliphatic rings. The molecule has 2 heterocycles. The van der Waals surface area contributed by atoms with Gasteiger partial charge in [0.25, 0.3) is 0 Å². The molecule has 2 aromatic carbocycles. The fourth-order valence-corrected chi connectivity index (χ4v) is 4.35. The molecule has 0 spiro atoms. The van der Waals surface area contributed by atoms with Crippen molar-refractivity contribution in [2.75, 3.05) is 19.0 Å². The third kappa shape index (κ3) is 4.61. The molecule has 170 valence electrons. The molecule has 0 saturated heterocycles. The number of carbonyl (C=O) groups excluding carboxylic acids is 1. The molecule has 0 aliphatic heterocycles. The second-order valence-corrected chi connectivity index (χ2v) is 8.69. The molecule has 33 heavy (non-hydrogen) atoms. The zero-order valence-corrected chi connectivity index (χ0v) is 20.0. The van der Waals surface area contributed by atoms with Gasteiger partial charge in [0.05, 0.1) is 20.0 Å². The second-order valence-electron chi connectivity index (χ2n) is 7.51. The van der Waals surface area contributed by atoms with Crippen LogP contribution < -0.4 is 14.8 Å². The number of nitrogens with one attached hydrogen (secondary N) is 1. The third-order valence-corrected chi connectivity index (χ3v) is 6.01. The van der Waals surface area contributed by atoms with E-state index in [1.807, 2.05) is 58.0 Å². The van der Waals surface area contributed by atoms with Gasteiger partial charge in [0.15, 0.2) is 0 Å². The van der Waals surface area contributed by atoms with E-state index in [0.29, 0.717) is 17.5 Å². The summed E-state index contributed by atoms with van der Waals surface area (Å²) >= 11 is 1.33. The summed E-state index contributed by atoms with van der Waals surface area (Å²) in [7, 11) is 1.62. The quantitative estimate of drug-likeness (QED) is 0.337. The standard InChI is InChI=1S/C25H25N3O4S/c1-6-31-18-9-7-17(8-10-18)21-13-32-24-15(3)23(30-5)19(12-20(21)24)14(2)11-22(29)26-25-28-27-16(4)33-25/h7-13H,6H2,1-5H3,(H,26,28,29)/b14-11+. The maximum atomic E-state index is 12.6. The lowest BCUT2D eigenvalue weighted by Gasteiger charge is -2.13. The number of anilines is 1. The number of fused-ring (bicyclic) bond motifs is 1. The zero-order chi connectivity index (χ0) is 23.5. The highest BCUT2D eigenvalue weighted by Crippen LogP contribution is 2.40. The fraction of sp³-hybridized carbons (Fsp3) is 0.240. The van der Waals surface area contributed by atoms with Crippen LogP contribution in [0.3, 0.4) is 0 Å². The van der Waals surface area contributed by atoms with Crippen LogP contribution in [0, 0.1) is 13.8 Å². The molecule has 0 bridgehead atoms. The molecular weight excluding hydrogens is 438 g/mol. The summed E-state index contributed by atoms with van der Waals surface area (Å²) in [6, 6.07) is 9.91. The van der Waals surface area contributed by atoms with Crippen molar-refractivity contribution in [2.45, 2.75) is 27.7 Å². The molecule has 0 fully saturated rings. The Hall–Kier alpha value is -3.65. The number of methoxy groups -OCH3 is 1. The van der Waals surface area contributed by atoms with E-state index in [9.17, 15) is 4.79 Å². The lowest BCUT2D eigenvalue weighted by atomic mass is 9.96. The van der Waals surface area contributed by atoms with E-state index in [-0.39, 0.29) is 5.91 Å². The molecule has 0 unspecified atom stereocenters. The predicted octanol–water partition coefficient (Wildman–Crippen LogP) is 6.02. The highest BCUT2D eigenvalue weighted by Gasteiger charge is 2.19. The first kappa shape index (κ1) is 22.5. The minimum Gasteiger partial charge on any atom is -0.496 e. The van der Waals surface area contributed by atoms with Gasteiger partial charge in [0.1, 0.15) is 22.1 Å². The lowest BCUT2D eigenvalue weighted by Crippen LogP contribution is -2.08. The minimum absolute atomic E-state index is 0.276. The molecule has 0 radical (unpaired) electrons. The van der Waals surface area contributed by atoms with Gasteiger partial charge in [0, 0.05) is 28.2 Å². The Balaban J connectivity index is 1.74. The number of hydrogen-bond donors (Lipinski definition) is 1. The van der Waals surface area contributed by atoms with Gasteiger partial charge in [-0.25, -0.2) is 0 Å². The number of benzene rings is 2. The first-order chi connectivity index (χ1) is 15.9. The number of allylic oxidation sites excluding steroid dienone is 1. The van der Waals surface area contributed by atoms with Crippen molar-refractivity contribution in [1.29, 1.82) is 0 Å². The summed E-state index contributed by atoms with van der Waals surface area (Å²) in [6.45, 7) is 8.25. The van der Waals surface area contributed by atoms with Crippen molar-refractivity contribution in [1.82, 2.24) is 10.2 Å². The Bertz CT molecular complexity index is 1340. The summed E-state index contributed by atoms with van der Waals surface area (Å²) < 4.78 is 17.2. The number of carbonyl (C=O) groups is 1. The van der Waals surface area contributed by atoms with Crippen LogP contribution in [0.1, 0.15) is 30.0 Å². The van der Waals surface area contributed by atoms with Gasteiger partial charge in [-0.1, -0.05) is 23.5 Å². The van der Waals surface area contributed by atoms with Crippen LogP contribution in [0.25, 0.3) is 27.7 Å². The SMILES string of the molecule is CCOc1ccc(-c2coc3c(C)c(OC)c(/C(C)=C/C(=O)Nc4nnc(C)s4)cc23)cc1. The molecular formula is C25H25N3O4S. The molecule has 0 atom stereocenters. The number of amides is 1. The topological polar surface area (TPSA) is 86.5 Å². The molecule has 4 aromatic rings. The fourth-order valence-electron chi connectivity index (χ4n) is 3.76. The van der Waals surface area contributed by atoms with E-state index in [4.69, 9.17) is 13.9 Å². The van der Waals surface area contributed by atoms with Crippen molar-refractivity contribution < 1.29 is 18.7 Å². The normalized spacial score (nSPS) is 11.6. The average Bonchev–Trinajstić information content (AvgIpc) is 3.40. The van der Waals surface area contributed by atoms with E-state index >= 15 is 0 Å². The van der Waals surface area contributed by atoms with Crippen molar-refractivity contribution in [3.05, 3.63) is 58.8 Å². The highest BCUT2D eigenvalue weighted by molar-refractivity contribution is 7.15. The van der Waals surface area contributed by atoms with E-state index in [1.54, 1.807) is 13.4 Å². The van der Waals surface area contributed by atoms with Gasteiger partial charge in [0.2, 0.25) is 11.0 Å². The van der Waals surface area contributed by atoms with Crippen molar-refractivity contribution in [2.24, 2.45) is 0 Å². The summed E-state index contributed by atoms with van der Waals surface area (Å²) in [5.74, 6) is 1.22. The first-order valence-corrected chi connectivity index (χ1v) is 11.3. The molecule has 0 saturated carbocycles. The van der Waals surface area contributed by atoms with E-state index in [1.165, 1.54) is 17.4 Å². The molecule has 2 aromatic heterocycles. The third-order valence-electron chi connectivity index (χ3n) is 5.25. The Morgan fingerprint density at radius 1 is 1.21 bits per heavy atom. The van der Waals surface area contributed by atoms with Crippen molar-refractivity contribution in [3.8, 4) is 22.6 Å². The number of nitrogens with zero attached hydrogens (tertiary/aromatic N) is 2. The average molecular weight is 464 g/mol. The predicted molar refractivity (Wildman–Crippen MR) is 131 cm³/mol. The maximum Gasteiger partial charge on any atom is 0.250 e. The lowest BCUT2D eigenvalue weighted by molar-refractivity contribution is -0.111. The second kappa shape index (κ2) is 9.46. The van der Waals surface area contributed by atoms with Crippen LogP contribution in [0.2, 0.25) is 0 Å². The van der Waals surface area contributed by atoms with E-state index in [2.05, 4.69) is 15.5 Å². The summed E-state index contributed by atoms with van der Waals surface area (Å²) in [5, 5.41) is 12.8. The number of aryl methyl sites for hydroxylation is 2. The van der Waals surface area contributed by atoms with Crippen molar-refractivity contribution >= 4 is 38.9 Å². The van der Waals surface area contributed by atoms with Gasteiger partial charge in [-0.3, -0.25) is 10.1 Å². The Morgan fingerprint density at radius 3 is 2.61 bits per heavy atom. The van der Waals surface area contributed by atoms with E-state index in [0.717, 1.165) is 49.6 Å². The van der Waals surface area contributed by atoms with Gasteiger partial charge < -0.3 is 13.9 Å². The monoisotopic (exact) mass is 463 g/mol. The van der Waals surface area contributed by atoms with Crippen LogP contribution in [0.15, 0.2) is 47.1 Å². The Morgan fingerprint density at radius 2 is 1.97 bits per heavy atom. The molecule has 8 heteroatoms. The van der Waals surface area contributed by atoms with Gasteiger partial charge >= 0.3 is 0 Å². The molecule has 1 N–H and O–H groups in total. The van der Waals surface area contributed by atoms with E-state index < -0.39 is 0 Å². The first-order valence-electron chi connectivity index (χ1n) is 10.5. The smallest absolute Gasteiger partial charge is 0.250 e. The van der Waals surface area contributed by atoms with Crippen LogP contribution in [0.4, 0.5) is 5.13 Å². The van der Waals surface area contributed by atoms with Crippen LogP contribution in [-0.2, 0) is 4.79 Å². The molecule has 7 nitrogen and oxygen atoms in total. The highest BCUT2D eigenvalue weighted by atomic mass is 32.1. The number of aromatic nitrogens is 2. The van der Waals surface area contributed by atoms with Crippen LogP contribution in [-0.4, -0.2) is 29.8 Å². The summed E-state index contributed by atoms with van der Waals surface area (Å²) in [4.78, 5) is 12.6. The van der Waals surface area contributed by atoms with Gasteiger partial charge in [-0.2, -0.15) is 0 Å². The largest absolute Gasteiger partial charge is 0.496 e. The summed E-state index contributed by atoms with van der Waals surface area (Å²) in [5.41, 5.74) is 5.17. The summed E-state index contributed by atoms with van der Waals surface area (Å²) in [6.07, 6.45) is 3.29. The van der Waals surface area contributed by atoms with Gasteiger partial charge in [-0.05, 0) is 57.0 Å². The molecule has 1 amide bonds. The van der Waals surface area contributed by atoms with Crippen LogP contribution in [0.5, 0.6) is 11.5 Å². The maximum absolute atomic E-state index is 12.6. The number of ether oxygens (including phenoxy) is 2. The molecule has 0 aliphatic carbocycles.